The first-order chi connectivity index (χ1) is 7.45. The van der Waals surface area contributed by atoms with Crippen LogP contribution in [0.2, 0.25) is 0 Å². The van der Waals surface area contributed by atoms with Crippen molar-refractivity contribution in [1.82, 2.24) is 15.0 Å². The van der Waals surface area contributed by atoms with Gasteiger partial charge in [0.25, 0.3) is 10.0 Å². The molecule has 0 aromatic carbocycles. The number of thiazole rings is 1. The first kappa shape index (κ1) is 16.8. The number of hydrogen-bond acceptors (Lipinski definition) is 5. The van der Waals surface area contributed by atoms with E-state index in [1.54, 1.807) is 6.92 Å². The molecule has 100 valence electrons. The van der Waals surface area contributed by atoms with Gasteiger partial charge in [0.15, 0.2) is 4.21 Å². The monoisotopic (exact) mass is 299 g/mol. The molecule has 17 heavy (non-hydrogen) atoms. The predicted octanol–water partition coefficient (Wildman–Crippen LogP) is 1.15. The molecule has 0 saturated carbocycles. The minimum Gasteiger partial charge on any atom is -0.313 e. The Hall–Kier alpha value is -0.210. The average molecular weight is 300 g/mol. The maximum absolute atomic E-state index is 11.8. The van der Waals surface area contributed by atoms with Crippen LogP contribution in [0, 0.1) is 6.92 Å². The molecule has 0 fully saturated rings. The normalized spacial score (nSPS) is 13.1. The first-order valence-corrected chi connectivity index (χ1v) is 7.41. The standard InChI is InChI=1S/C9H17N3O2S2.ClH/c1-4-10-7(2)5-12-16(13,14)9-6-11-8(3)15-9;/h6-7,10,12H,4-5H2,1-3H3;1H/t7-;/m1./s1. The number of aromatic nitrogens is 1. The van der Waals surface area contributed by atoms with Crippen LogP contribution in [0.5, 0.6) is 0 Å². The second-order valence-corrected chi connectivity index (χ2v) is 6.74. The third-order valence-electron chi connectivity index (χ3n) is 2.00. The Morgan fingerprint density at radius 3 is 2.65 bits per heavy atom. The van der Waals surface area contributed by atoms with E-state index in [-0.39, 0.29) is 22.7 Å². The molecule has 0 unspecified atom stereocenters. The van der Waals surface area contributed by atoms with Crippen LogP contribution in [0.4, 0.5) is 0 Å². The van der Waals surface area contributed by atoms with E-state index in [0.29, 0.717) is 6.54 Å². The van der Waals surface area contributed by atoms with Crippen molar-refractivity contribution in [3.63, 3.8) is 0 Å². The minimum atomic E-state index is -3.39. The molecule has 0 aliphatic carbocycles. The van der Waals surface area contributed by atoms with Gasteiger partial charge in [-0.25, -0.2) is 18.1 Å². The number of aryl methyl sites for hydroxylation is 1. The summed E-state index contributed by atoms with van der Waals surface area (Å²) >= 11 is 1.18. The Morgan fingerprint density at radius 2 is 2.18 bits per heavy atom. The van der Waals surface area contributed by atoms with Gasteiger partial charge in [0.05, 0.1) is 11.2 Å². The quantitative estimate of drug-likeness (QED) is 0.826. The SMILES string of the molecule is CCN[C@H](C)CNS(=O)(=O)c1cnc(C)s1.Cl. The molecule has 1 aromatic heterocycles. The maximum atomic E-state index is 11.8. The highest BCUT2D eigenvalue weighted by atomic mass is 35.5. The van der Waals surface area contributed by atoms with Gasteiger partial charge in [0.2, 0.25) is 0 Å². The Balaban J connectivity index is 0.00000256. The third kappa shape index (κ3) is 5.31. The molecule has 1 atom stereocenters. The van der Waals surface area contributed by atoms with Gasteiger partial charge in [0.1, 0.15) is 0 Å². The van der Waals surface area contributed by atoms with Crippen LogP contribution in [0.15, 0.2) is 10.4 Å². The van der Waals surface area contributed by atoms with Gasteiger partial charge >= 0.3 is 0 Å². The van der Waals surface area contributed by atoms with Gasteiger partial charge in [-0.15, -0.1) is 23.7 Å². The molecule has 2 N–H and O–H groups in total. The zero-order chi connectivity index (χ0) is 12.2. The lowest BCUT2D eigenvalue weighted by atomic mass is 10.3. The van der Waals surface area contributed by atoms with E-state index in [1.807, 2.05) is 13.8 Å². The van der Waals surface area contributed by atoms with Crippen LogP contribution in [-0.4, -0.2) is 32.5 Å². The van der Waals surface area contributed by atoms with Crippen molar-refractivity contribution in [2.75, 3.05) is 13.1 Å². The molecule has 5 nitrogen and oxygen atoms in total. The molecule has 0 aliphatic rings. The highest BCUT2D eigenvalue weighted by Gasteiger charge is 2.17. The van der Waals surface area contributed by atoms with E-state index >= 15 is 0 Å². The number of sulfonamides is 1. The van der Waals surface area contributed by atoms with Gasteiger partial charge in [-0.05, 0) is 20.4 Å². The smallest absolute Gasteiger partial charge is 0.251 e. The highest BCUT2D eigenvalue weighted by Crippen LogP contribution is 2.17. The number of hydrogen-bond donors (Lipinski definition) is 2. The van der Waals surface area contributed by atoms with E-state index in [4.69, 9.17) is 0 Å². The number of rotatable bonds is 6. The Labute approximate surface area is 112 Å². The van der Waals surface area contributed by atoms with E-state index < -0.39 is 10.0 Å². The number of nitrogens with one attached hydrogen (secondary N) is 2. The fraction of sp³-hybridized carbons (Fsp3) is 0.667. The number of nitrogens with zero attached hydrogens (tertiary/aromatic N) is 1. The van der Waals surface area contributed by atoms with Crippen molar-refractivity contribution in [3.8, 4) is 0 Å². The van der Waals surface area contributed by atoms with Gasteiger partial charge in [-0.1, -0.05) is 6.92 Å². The average Bonchev–Trinajstić information content (AvgIpc) is 2.63. The summed E-state index contributed by atoms with van der Waals surface area (Å²) in [5.74, 6) is 0. The van der Waals surface area contributed by atoms with Crippen molar-refractivity contribution >= 4 is 33.8 Å². The molecular formula is C9H18ClN3O2S2. The molecule has 8 heteroatoms. The third-order valence-corrected chi connectivity index (χ3v) is 4.79. The molecule has 0 saturated heterocycles. The second-order valence-electron chi connectivity index (χ2n) is 3.51. The molecule has 1 heterocycles. The molecule has 0 amide bonds. The molecular weight excluding hydrogens is 282 g/mol. The lowest BCUT2D eigenvalue weighted by Crippen LogP contribution is -2.38. The molecule has 0 bridgehead atoms. The minimum absolute atomic E-state index is 0. The topological polar surface area (TPSA) is 71.1 Å². The summed E-state index contributed by atoms with van der Waals surface area (Å²) in [6.45, 7) is 6.90. The van der Waals surface area contributed by atoms with E-state index in [2.05, 4.69) is 15.0 Å². The van der Waals surface area contributed by atoms with Crippen molar-refractivity contribution in [1.29, 1.82) is 0 Å². The summed E-state index contributed by atoms with van der Waals surface area (Å²) in [5.41, 5.74) is 0. The van der Waals surface area contributed by atoms with Crippen molar-refractivity contribution in [2.24, 2.45) is 0 Å². The van der Waals surface area contributed by atoms with E-state index in [0.717, 1.165) is 11.6 Å². The zero-order valence-corrected chi connectivity index (χ0v) is 12.5. The summed E-state index contributed by atoms with van der Waals surface area (Å²) in [5, 5.41) is 3.89. The fourth-order valence-electron chi connectivity index (χ4n) is 1.19. The van der Waals surface area contributed by atoms with E-state index in [9.17, 15) is 8.42 Å². The molecule has 0 radical (unpaired) electrons. The van der Waals surface area contributed by atoms with Crippen LogP contribution in [0.3, 0.4) is 0 Å². The summed E-state index contributed by atoms with van der Waals surface area (Å²) in [6.07, 6.45) is 1.39. The lowest BCUT2D eigenvalue weighted by molar-refractivity contribution is 0.537. The maximum Gasteiger partial charge on any atom is 0.251 e. The predicted molar refractivity (Wildman–Crippen MR) is 72.4 cm³/mol. The molecule has 0 aliphatic heterocycles. The van der Waals surface area contributed by atoms with E-state index in [1.165, 1.54) is 17.5 Å². The largest absolute Gasteiger partial charge is 0.313 e. The Kier molecular flexibility index (Phi) is 7.18. The van der Waals surface area contributed by atoms with Gasteiger partial charge in [0, 0.05) is 12.6 Å². The number of likely N-dealkylation sites (N-methyl/N-ethyl adjacent to an activating group) is 1. The Bertz CT molecular complexity index is 433. The van der Waals surface area contributed by atoms with Gasteiger partial charge < -0.3 is 5.32 Å². The van der Waals surface area contributed by atoms with Crippen molar-refractivity contribution in [2.45, 2.75) is 31.0 Å². The molecule has 1 rings (SSSR count). The summed E-state index contributed by atoms with van der Waals surface area (Å²) in [4.78, 5) is 3.93. The zero-order valence-electron chi connectivity index (χ0n) is 10.1. The summed E-state index contributed by atoms with van der Waals surface area (Å²) < 4.78 is 26.4. The molecule has 1 aromatic rings. The van der Waals surface area contributed by atoms with Crippen LogP contribution < -0.4 is 10.0 Å². The summed E-state index contributed by atoms with van der Waals surface area (Å²) in [7, 11) is -3.39. The van der Waals surface area contributed by atoms with Crippen LogP contribution in [0.1, 0.15) is 18.9 Å². The highest BCUT2D eigenvalue weighted by molar-refractivity contribution is 7.91. The van der Waals surface area contributed by atoms with Gasteiger partial charge in [-0.3, -0.25) is 0 Å². The van der Waals surface area contributed by atoms with Crippen LogP contribution in [0.25, 0.3) is 0 Å². The second kappa shape index (κ2) is 7.27. The fourth-order valence-corrected chi connectivity index (χ4v) is 3.48. The Morgan fingerprint density at radius 1 is 1.53 bits per heavy atom. The van der Waals surface area contributed by atoms with Crippen molar-refractivity contribution in [3.05, 3.63) is 11.2 Å². The van der Waals surface area contributed by atoms with Crippen LogP contribution in [-0.2, 0) is 10.0 Å². The van der Waals surface area contributed by atoms with Crippen LogP contribution >= 0.6 is 23.7 Å². The van der Waals surface area contributed by atoms with Gasteiger partial charge in [-0.2, -0.15) is 0 Å². The van der Waals surface area contributed by atoms with Crippen molar-refractivity contribution < 1.29 is 8.42 Å². The molecule has 0 spiro atoms. The number of halogens is 1. The lowest BCUT2D eigenvalue weighted by Gasteiger charge is -2.12. The first-order valence-electron chi connectivity index (χ1n) is 5.11. The summed E-state index contributed by atoms with van der Waals surface area (Å²) in [6, 6.07) is 0.119.